The number of hydrogen-bond donors (Lipinski definition) is 0. The Morgan fingerprint density at radius 1 is 1.07 bits per heavy atom. The summed E-state index contributed by atoms with van der Waals surface area (Å²) in [7, 11) is -1.94. The molecule has 0 radical (unpaired) electrons. The van der Waals surface area contributed by atoms with Crippen LogP contribution in [0.25, 0.3) is 0 Å². The number of fused-ring (bicyclic) bond motifs is 1. The van der Waals surface area contributed by atoms with E-state index in [1.54, 1.807) is 34.5 Å². The third-order valence-electron chi connectivity index (χ3n) is 5.90. The maximum Gasteiger partial charge on any atom is 0.243 e. The van der Waals surface area contributed by atoms with Gasteiger partial charge >= 0.3 is 0 Å². The Hall–Kier alpha value is -2.58. The molecular weight excluding hydrogens is 402 g/mol. The highest BCUT2D eigenvalue weighted by Crippen LogP contribution is 2.34. The molecule has 0 saturated carbocycles. The lowest BCUT2D eigenvalue weighted by Crippen LogP contribution is -2.48. The van der Waals surface area contributed by atoms with Gasteiger partial charge in [0, 0.05) is 56.6 Å². The maximum absolute atomic E-state index is 13.2. The summed E-state index contributed by atoms with van der Waals surface area (Å²) >= 11 is 0. The van der Waals surface area contributed by atoms with Crippen molar-refractivity contribution in [2.45, 2.75) is 31.2 Å². The Morgan fingerprint density at radius 2 is 1.80 bits per heavy atom. The third kappa shape index (κ3) is 3.65. The first-order valence-corrected chi connectivity index (χ1v) is 11.6. The Labute approximate surface area is 177 Å². The Kier molecular flexibility index (Phi) is 5.46. The van der Waals surface area contributed by atoms with Crippen molar-refractivity contribution < 1.29 is 17.9 Å². The molecule has 0 bridgehead atoms. The van der Waals surface area contributed by atoms with Gasteiger partial charge in [-0.2, -0.15) is 4.31 Å². The van der Waals surface area contributed by atoms with Gasteiger partial charge in [-0.3, -0.25) is 4.79 Å². The number of carbonyl (C=O) groups excluding carboxylic acids is 1. The first-order valence-electron chi connectivity index (χ1n) is 10.1. The number of hydrogen-bond acceptors (Lipinski definition) is 5. The normalized spacial score (nSPS) is 19.6. The van der Waals surface area contributed by atoms with E-state index in [2.05, 4.69) is 4.90 Å². The zero-order chi connectivity index (χ0) is 21.5. The summed E-state index contributed by atoms with van der Waals surface area (Å²) in [6.45, 7) is 5.60. The first-order chi connectivity index (χ1) is 14.3. The summed E-state index contributed by atoms with van der Waals surface area (Å²) in [6, 6.07) is 13.0. The van der Waals surface area contributed by atoms with Crippen LogP contribution in [0.4, 0.5) is 11.4 Å². The molecule has 160 valence electrons. The molecule has 2 aliphatic rings. The molecular formula is C22H27N3O4S. The lowest BCUT2D eigenvalue weighted by atomic mass is 10.1. The summed E-state index contributed by atoms with van der Waals surface area (Å²) in [5, 5.41) is 0. The summed E-state index contributed by atoms with van der Waals surface area (Å²) in [5.41, 5.74) is 2.76. The molecule has 30 heavy (non-hydrogen) atoms. The van der Waals surface area contributed by atoms with Gasteiger partial charge in [-0.05, 0) is 49.2 Å². The van der Waals surface area contributed by atoms with Gasteiger partial charge in [0.1, 0.15) is 5.75 Å². The van der Waals surface area contributed by atoms with Gasteiger partial charge < -0.3 is 14.5 Å². The van der Waals surface area contributed by atoms with Gasteiger partial charge in [0.15, 0.2) is 0 Å². The zero-order valence-electron chi connectivity index (χ0n) is 17.5. The molecule has 7 nitrogen and oxygen atoms in total. The van der Waals surface area contributed by atoms with Crippen LogP contribution in [0.15, 0.2) is 47.4 Å². The minimum Gasteiger partial charge on any atom is -0.497 e. The molecule has 0 spiro atoms. The number of nitrogens with zero attached hydrogens (tertiary/aromatic N) is 3. The van der Waals surface area contributed by atoms with Crippen LogP contribution in [-0.2, 0) is 21.2 Å². The molecule has 2 aliphatic heterocycles. The van der Waals surface area contributed by atoms with E-state index < -0.39 is 10.0 Å². The number of piperazine rings is 1. The molecule has 2 aromatic carbocycles. The summed E-state index contributed by atoms with van der Waals surface area (Å²) in [4.78, 5) is 16.1. The van der Waals surface area contributed by atoms with Crippen molar-refractivity contribution in [2.24, 2.45) is 0 Å². The molecule has 2 heterocycles. The number of anilines is 2. The number of sulfonamides is 1. The zero-order valence-corrected chi connectivity index (χ0v) is 18.4. The standard InChI is InChI=1S/C22H27N3O4S/c1-16-13-18-14-21(7-8-22(18)25(16)17(2)26)30(27,28)24-11-9-23(10-12-24)19-5-4-6-20(15-19)29-3/h4-8,14-16H,9-13H2,1-3H3/t16-/m1/s1. The van der Waals surface area contributed by atoms with Crippen LogP contribution in [-0.4, -0.2) is 58.0 Å². The van der Waals surface area contributed by atoms with Crippen LogP contribution in [0.1, 0.15) is 19.4 Å². The van der Waals surface area contributed by atoms with Gasteiger partial charge in [0.2, 0.25) is 15.9 Å². The van der Waals surface area contributed by atoms with E-state index in [9.17, 15) is 13.2 Å². The number of amides is 1. The second-order valence-electron chi connectivity index (χ2n) is 7.83. The van der Waals surface area contributed by atoms with Crippen LogP contribution in [0, 0.1) is 0 Å². The van der Waals surface area contributed by atoms with Crippen molar-refractivity contribution in [3.05, 3.63) is 48.0 Å². The van der Waals surface area contributed by atoms with Crippen LogP contribution >= 0.6 is 0 Å². The van der Waals surface area contributed by atoms with Gasteiger partial charge in [0.05, 0.1) is 12.0 Å². The second kappa shape index (κ2) is 7.92. The number of benzene rings is 2. The Bertz CT molecular complexity index is 1060. The molecule has 0 aromatic heterocycles. The first kappa shape index (κ1) is 20.7. The van der Waals surface area contributed by atoms with Crippen molar-refractivity contribution in [3.8, 4) is 5.75 Å². The lowest BCUT2D eigenvalue weighted by Gasteiger charge is -2.35. The van der Waals surface area contributed by atoms with Gasteiger partial charge in [-0.1, -0.05) is 6.07 Å². The number of rotatable bonds is 4. The van der Waals surface area contributed by atoms with Crippen LogP contribution in [0.5, 0.6) is 5.75 Å². The minimum atomic E-state index is -3.58. The smallest absolute Gasteiger partial charge is 0.243 e. The molecule has 0 N–H and O–H groups in total. The second-order valence-corrected chi connectivity index (χ2v) is 9.76. The summed E-state index contributed by atoms with van der Waals surface area (Å²) in [6.07, 6.45) is 0.669. The topological polar surface area (TPSA) is 70.2 Å². The van der Waals surface area contributed by atoms with E-state index >= 15 is 0 Å². The highest BCUT2D eigenvalue weighted by molar-refractivity contribution is 7.89. The average molecular weight is 430 g/mol. The largest absolute Gasteiger partial charge is 0.497 e. The molecule has 0 aliphatic carbocycles. The van der Waals surface area contributed by atoms with Crippen molar-refractivity contribution in [1.82, 2.24) is 4.31 Å². The van der Waals surface area contributed by atoms with Crippen LogP contribution in [0.3, 0.4) is 0 Å². The highest BCUT2D eigenvalue weighted by atomic mass is 32.2. The molecule has 8 heteroatoms. The molecule has 1 amide bonds. The fourth-order valence-electron chi connectivity index (χ4n) is 4.39. The SMILES string of the molecule is COc1cccc(N2CCN(S(=O)(=O)c3ccc4c(c3)C[C@@H](C)N4C(C)=O)CC2)c1. The molecule has 4 rings (SSSR count). The molecule has 1 atom stereocenters. The van der Waals surface area contributed by atoms with Gasteiger partial charge in [-0.15, -0.1) is 0 Å². The highest BCUT2D eigenvalue weighted by Gasteiger charge is 2.33. The minimum absolute atomic E-state index is 0.0227. The maximum atomic E-state index is 13.2. The molecule has 1 fully saturated rings. The predicted octanol–water partition coefficient (Wildman–Crippen LogP) is 2.50. The fourth-order valence-corrected chi connectivity index (χ4v) is 5.86. The monoisotopic (exact) mass is 429 g/mol. The lowest BCUT2D eigenvalue weighted by molar-refractivity contribution is -0.116. The van der Waals surface area contributed by atoms with E-state index in [1.165, 1.54) is 6.92 Å². The van der Waals surface area contributed by atoms with E-state index in [0.29, 0.717) is 37.5 Å². The Morgan fingerprint density at radius 3 is 2.47 bits per heavy atom. The molecule has 1 saturated heterocycles. The van der Waals surface area contributed by atoms with Crippen molar-refractivity contribution in [3.63, 3.8) is 0 Å². The van der Waals surface area contributed by atoms with Crippen molar-refractivity contribution in [1.29, 1.82) is 0 Å². The van der Waals surface area contributed by atoms with E-state index in [4.69, 9.17) is 4.74 Å². The molecule has 2 aromatic rings. The van der Waals surface area contributed by atoms with Crippen LogP contribution in [0.2, 0.25) is 0 Å². The quantitative estimate of drug-likeness (QED) is 0.747. The van der Waals surface area contributed by atoms with Gasteiger partial charge in [0.25, 0.3) is 0 Å². The number of methoxy groups -OCH3 is 1. The molecule has 0 unspecified atom stereocenters. The predicted molar refractivity (Wildman–Crippen MR) is 117 cm³/mol. The number of carbonyl (C=O) groups is 1. The van der Waals surface area contributed by atoms with Crippen molar-refractivity contribution >= 4 is 27.3 Å². The van der Waals surface area contributed by atoms with Crippen molar-refractivity contribution in [2.75, 3.05) is 43.1 Å². The Balaban J connectivity index is 1.50. The van der Waals surface area contributed by atoms with E-state index in [-0.39, 0.29) is 11.9 Å². The number of ether oxygens (including phenoxy) is 1. The fraction of sp³-hybridized carbons (Fsp3) is 0.409. The van der Waals surface area contributed by atoms with Crippen LogP contribution < -0.4 is 14.5 Å². The third-order valence-corrected chi connectivity index (χ3v) is 7.80. The van der Waals surface area contributed by atoms with E-state index in [0.717, 1.165) is 22.7 Å². The summed E-state index contributed by atoms with van der Waals surface area (Å²) < 4.78 is 33.3. The summed E-state index contributed by atoms with van der Waals surface area (Å²) in [5.74, 6) is 0.764. The van der Waals surface area contributed by atoms with Gasteiger partial charge in [-0.25, -0.2) is 8.42 Å². The average Bonchev–Trinajstić information content (AvgIpc) is 3.09. The van der Waals surface area contributed by atoms with E-state index in [1.807, 2.05) is 31.2 Å².